The summed E-state index contributed by atoms with van der Waals surface area (Å²) in [6, 6.07) is 22.5. The molecule has 1 aliphatic carbocycles. The summed E-state index contributed by atoms with van der Waals surface area (Å²) < 4.78 is 10.8. The van der Waals surface area contributed by atoms with Gasteiger partial charge in [-0.05, 0) is 54.2 Å². The van der Waals surface area contributed by atoms with E-state index in [2.05, 4.69) is 5.32 Å². The van der Waals surface area contributed by atoms with E-state index in [4.69, 9.17) is 21.1 Å². The second-order valence-electron chi connectivity index (χ2n) is 10.4. The molecule has 6 nitrogen and oxygen atoms in total. The van der Waals surface area contributed by atoms with Crippen molar-refractivity contribution in [1.29, 1.82) is 0 Å². The summed E-state index contributed by atoms with van der Waals surface area (Å²) in [5.41, 5.74) is 2.77. The number of hydrogen-bond acceptors (Lipinski definition) is 4. The number of hydrogen-bond donors (Lipinski definition) is 1. The predicted octanol–water partition coefficient (Wildman–Crippen LogP) is 6.38. The minimum Gasteiger partial charge on any atom is -0.493 e. The molecular weight excluding hydrogens is 524 g/mol. The van der Waals surface area contributed by atoms with Crippen LogP contribution in [0.3, 0.4) is 0 Å². The third-order valence-corrected chi connectivity index (χ3v) is 7.97. The van der Waals surface area contributed by atoms with Crippen molar-refractivity contribution < 1.29 is 19.1 Å². The maximum Gasteiger partial charge on any atom is 0.243 e. The number of methoxy groups -OCH3 is 2. The molecule has 2 amide bonds. The highest BCUT2D eigenvalue weighted by Gasteiger charge is 2.32. The second kappa shape index (κ2) is 14.8. The molecule has 212 valence electrons. The molecule has 40 heavy (non-hydrogen) atoms. The lowest BCUT2D eigenvalue weighted by Crippen LogP contribution is -2.53. The maximum atomic E-state index is 14.0. The molecule has 7 heteroatoms. The van der Waals surface area contributed by atoms with Crippen LogP contribution in [-0.4, -0.2) is 43.0 Å². The van der Waals surface area contributed by atoms with Crippen molar-refractivity contribution in [2.24, 2.45) is 0 Å². The Balaban J connectivity index is 1.61. The van der Waals surface area contributed by atoms with Gasteiger partial charge in [0.15, 0.2) is 11.5 Å². The Bertz CT molecular complexity index is 1260. The molecule has 1 N–H and O–H groups in total. The van der Waals surface area contributed by atoms with Gasteiger partial charge in [-0.2, -0.15) is 0 Å². The van der Waals surface area contributed by atoms with Crippen LogP contribution in [0.25, 0.3) is 0 Å². The van der Waals surface area contributed by atoms with E-state index in [0.29, 0.717) is 29.4 Å². The first kappa shape index (κ1) is 29.5. The van der Waals surface area contributed by atoms with Crippen LogP contribution in [0.2, 0.25) is 5.02 Å². The lowest BCUT2D eigenvalue weighted by atomic mass is 9.94. The van der Waals surface area contributed by atoms with Crippen molar-refractivity contribution >= 4 is 23.4 Å². The van der Waals surface area contributed by atoms with Gasteiger partial charge in [0.05, 0.1) is 14.2 Å². The fourth-order valence-corrected chi connectivity index (χ4v) is 5.53. The number of carbonyl (C=O) groups excluding carboxylic acids is 2. The Kier molecular flexibility index (Phi) is 10.9. The van der Waals surface area contributed by atoms with Crippen LogP contribution >= 0.6 is 11.6 Å². The SMILES string of the molecule is COc1ccc(CCC(=O)N(Cc2ccccc2Cl)C(Cc2ccccc2)C(=O)NC2CCCCC2)cc1OC. The average Bonchev–Trinajstić information content (AvgIpc) is 2.99. The van der Waals surface area contributed by atoms with Crippen LogP contribution in [0.5, 0.6) is 11.5 Å². The molecule has 0 aliphatic heterocycles. The number of nitrogens with zero attached hydrogens (tertiary/aromatic N) is 1. The summed E-state index contributed by atoms with van der Waals surface area (Å²) >= 11 is 6.54. The molecule has 3 aromatic carbocycles. The van der Waals surface area contributed by atoms with Crippen molar-refractivity contribution in [3.8, 4) is 11.5 Å². The summed E-state index contributed by atoms with van der Waals surface area (Å²) in [6.07, 6.45) is 6.54. The molecule has 0 aromatic heterocycles. The minimum atomic E-state index is -0.668. The molecule has 0 bridgehead atoms. The Labute approximate surface area is 242 Å². The molecular formula is C33H39ClN2O4. The highest BCUT2D eigenvalue weighted by atomic mass is 35.5. The fraction of sp³-hybridized carbons (Fsp3) is 0.394. The third-order valence-electron chi connectivity index (χ3n) is 7.60. The molecule has 1 fully saturated rings. The largest absolute Gasteiger partial charge is 0.493 e. The van der Waals surface area contributed by atoms with E-state index in [0.717, 1.165) is 42.4 Å². The second-order valence-corrected chi connectivity index (χ2v) is 10.8. The fourth-order valence-electron chi connectivity index (χ4n) is 5.34. The first-order chi connectivity index (χ1) is 19.5. The van der Waals surface area contributed by atoms with Gasteiger partial charge in [-0.25, -0.2) is 0 Å². The summed E-state index contributed by atoms with van der Waals surface area (Å²) in [5.74, 6) is 1.05. The predicted molar refractivity (Wildman–Crippen MR) is 159 cm³/mol. The van der Waals surface area contributed by atoms with Gasteiger partial charge in [0, 0.05) is 30.5 Å². The number of aryl methyl sites for hydroxylation is 1. The zero-order valence-electron chi connectivity index (χ0n) is 23.4. The molecule has 0 saturated heterocycles. The summed E-state index contributed by atoms with van der Waals surface area (Å²) in [4.78, 5) is 29.6. The number of halogens is 1. The highest BCUT2D eigenvalue weighted by Crippen LogP contribution is 2.28. The number of carbonyl (C=O) groups is 2. The smallest absolute Gasteiger partial charge is 0.243 e. The molecule has 4 rings (SSSR count). The monoisotopic (exact) mass is 562 g/mol. The number of rotatable bonds is 12. The molecule has 1 saturated carbocycles. The van der Waals surface area contributed by atoms with Gasteiger partial charge in [-0.15, -0.1) is 0 Å². The highest BCUT2D eigenvalue weighted by molar-refractivity contribution is 6.31. The van der Waals surface area contributed by atoms with E-state index < -0.39 is 6.04 Å². The zero-order chi connectivity index (χ0) is 28.3. The van der Waals surface area contributed by atoms with Crippen molar-refractivity contribution in [3.05, 3.63) is 94.5 Å². The minimum absolute atomic E-state index is 0.102. The Morgan fingerprint density at radius 1 is 0.900 bits per heavy atom. The van der Waals surface area contributed by atoms with Crippen molar-refractivity contribution in [3.63, 3.8) is 0 Å². The molecule has 0 spiro atoms. The molecule has 1 atom stereocenters. The van der Waals surface area contributed by atoms with E-state index in [9.17, 15) is 9.59 Å². The van der Waals surface area contributed by atoms with Crippen LogP contribution in [0, 0.1) is 0 Å². The number of amides is 2. The van der Waals surface area contributed by atoms with Crippen LogP contribution in [0.15, 0.2) is 72.8 Å². The quantitative estimate of drug-likeness (QED) is 0.278. The van der Waals surface area contributed by atoms with Gasteiger partial charge >= 0.3 is 0 Å². The van der Waals surface area contributed by atoms with Gasteiger partial charge in [0.25, 0.3) is 0 Å². The average molecular weight is 563 g/mol. The summed E-state index contributed by atoms with van der Waals surface area (Å²) in [5, 5.41) is 3.86. The lowest BCUT2D eigenvalue weighted by Gasteiger charge is -2.33. The first-order valence-electron chi connectivity index (χ1n) is 14.1. The van der Waals surface area contributed by atoms with E-state index in [1.54, 1.807) is 19.1 Å². The van der Waals surface area contributed by atoms with Crippen LogP contribution < -0.4 is 14.8 Å². The molecule has 1 aliphatic rings. The summed E-state index contributed by atoms with van der Waals surface area (Å²) in [6.45, 7) is 0.250. The van der Waals surface area contributed by atoms with Crippen molar-refractivity contribution in [2.45, 2.75) is 70.0 Å². The van der Waals surface area contributed by atoms with Crippen LogP contribution in [0.4, 0.5) is 0 Å². The van der Waals surface area contributed by atoms with Gasteiger partial charge in [-0.1, -0.05) is 85.5 Å². The van der Waals surface area contributed by atoms with E-state index in [1.807, 2.05) is 72.8 Å². The molecule has 0 radical (unpaired) electrons. The number of benzene rings is 3. The van der Waals surface area contributed by atoms with Crippen molar-refractivity contribution in [1.82, 2.24) is 10.2 Å². The van der Waals surface area contributed by atoms with Crippen molar-refractivity contribution in [2.75, 3.05) is 14.2 Å². The Morgan fingerprint density at radius 2 is 1.60 bits per heavy atom. The van der Waals surface area contributed by atoms with Gasteiger partial charge in [0.2, 0.25) is 11.8 Å². The Morgan fingerprint density at radius 3 is 2.30 bits per heavy atom. The molecule has 3 aromatic rings. The molecule has 0 heterocycles. The van der Waals surface area contributed by atoms with E-state index >= 15 is 0 Å². The first-order valence-corrected chi connectivity index (χ1v) is 14.4. The Hall–Kier alpha value is -3.51. The third kappa shape index (κ3) is 8.01. The van der Waals surface area contributed by atoms with Gasteiger partial charge in [-0.3, -0.25) is 9.59 Å². The lowest BCUT2D eigenvalue weighted by molar-refractivity contribution is -0.141. The molecule has 1 unspecified atom stereocenters. The number of ether oxygens (including phenoxy) is 2. The normalized spacial score (nSPS) is 14.3. The van der Waals surface area contributed by atoms with Crippen LogP contribution in [-0.2, 0) is 29.0 Å². The maximum absolute atomic E-state index is 14.0. The standard InChI is InChI=1S/C33H39ClN2O4/c1-39-30-19-17-25(22-31(30)40-2)18-20-32(37)36(23-26-13-9-10-16-28(26)34)29(21-24-11-5-3-6-12-24)33(38)35-27-14-7-4-8-15-27/h3,5-6,9-13,16-17,19,22,27,29H,4,7-8,14-15,18,20-21,23H2,1-2H3,(H,35,38). The van der Waals surface area contributed by atoms with Gasteiger partial charge in [0.1, 0.15) is 6.04 Å². The number of nitrogens with one attached hydrogen (secondary N) is 1. The van der Waals surface area contributed by atoms with Crippen LogP contribution in [0.1, 0.15) is 55.2 Å². The van der Waals surface area contributed by atoms with E-state index in [-0.39, 0.29) is 30.8 Å². The van der Waals surface area contributed by atoms with Gasteiger partial charge < -0.3 is 19.7 Å². The summed E-state index contributed by atoms with van der Waals surface area (Å²) in [7, 11) is 3.19. The topological polar surface area (TPSA) is 67.9 Å². The van der Waals surface area contributed by atoms with E-state index in [1.165, 1.54) is 6.42 Å². The zero-order valence-corrected chi connectivity index (χ0v) is 24.2.